The van der Waals surface area contributed by atoms with E-state index in [0.29, 0.717) is 12.1 Å². The number of nitrogens with two attached hydrogens (primary N) is 1. The fraction of sp³-hybridized carbons (Fsp3) is 0.273. The summed E-state index contributed by atoms with van der Waals surface area (Å²) in [5.41, 5.74) is 4.01. The molecule has 1 aromatic carbocycles. The summed E-state index contributed by atoms with van der Waals surface area (Å²) in [6, 6.07) is 1.76. The monoisotopic (exact) mass is 267 g/mol. The maximum absolute atomic E-state index is 13.0. The number of rotatable bonds is 4. The molecule has 7 heteroatoms. The molecule has 0 heterocycles. The third kappa shape index (κ3) is 3.99. The van der Waals surface area contributed by atoms with Crippen LogP contribution in [0.2, 0.25) is 0 Å². The van der Waals surface area contributed by atoms with Gasteiger partial charge in [0.25, 0.3) is 0 Å². The SMILES string of the molecule is NCC(=CF)COc1cc(F)cc(C(F)(F)F)c1. The second-order valence-corrected chi connectivity index (χ2v) is 3.43. The molecule has 0 atom stereocenters. The molecule has 0 unspecified atom stereocenters. The predicted molar refractivity (Wildman–Crippen MR) is 55.1 cm³/mol. The number of alkyl halides is 3. The van der Waals surface area contributed by atoms with Crippen molar-refractivity contribution < 1.29 is 26.7 Å². The van der Waals surface area contributed by atoms with Crippen molar-refractivity contribution in [3.8, 4) is 5.75 Å². The first-order chi connectivity index (χ1) is 8.36. The zero-order chi connectivity index (χ0) is 13.8. The Balaban J connectivity index is 2.87. The molecule has 2 N–H and O–H groups in total. The molecule has 1 rings (SSSR count). The van der Waals surface area contributed by atoms with Gasteiger partial charge in [-0.2, -0.15) is 13.2 Å². The molecule has 0 aliphatic rings. The Bertz CT molecular complexity index is 442. The van der Waals surface area contributed by atoms with E-state index in [4.69, 9.17) is 10.5 Å². The van der Waals surface area contributed by atoms with Gasteiger partial charge in [-0.25, -0.2) is 8.78 Å². The molecule has 2 nitrogen and oxygen atoms in total. The third-order valence-electron chi connectivity index (χ3n) is 2.04. The normalized spacial score (nSPS) is 12.7. The van der Waals surface area contributed by atoms with Crippen LogP contribution in [0.3, 0.4) is 0 Å². The van der Waals surface area contributed by atoms with Crippen LogP contribution < -0.4 is 10.5 Å². The van der Waals surface area contributed by atoms with Gasteiger partial charge in [0.1, 0.15) is 18.2 Å². The highest BCUT2D eigenvalue weighted by molar-refractivity contribution is 5.31. The largest absolute Gasteiger partial charge is 0.489 e. The summed E-state index contributed by atoms with van der Waals surface area (Å²) in [6.45, 7) is -0.480. The lowest BCUT2D eigenvalue weighted by molar-refractivity contribution is -0.137. The molecule has 0 bridgehead atoms. The van der Waals surface area contributed by atoms with E-state index >= 15 is 0 Å². The van der Waals surface area contributed by atoms with Gasteiger partial charge in [0.2, 0.25) is 0 Å². The summed E-state index contributed by atoms with van der Waals surface area (Å²) in [7, 11) is 0. The second-order valence-electron chi connectivity index (χ2n) is 3.43. The van der Waals surface area contributed by atoms with Gasteiger partial charge in [0.05, 0.1) is 11.9 Å². The van der Waals surface area contributed by atoms with E-state index in [-0.39, 0.29) is 30.8 Å². The van der Waals surface area contributed by atoms with E-state index < -0.39 is 17.6 Å². The lowest BCUT2D eigenvalue weighted by atomic mass is 10.2. The number of ether oxygens (including phenoxy) is 1. The first-order valence-corrected chi connectivity index (χ1v) is 4.85. The van der Waals surface area contributed by atoms with Gasteiger partial charge in [0, 0.05) is 18.2 Å². The van der Waals surface area contributed by atoms with Crippen molar-refractivity contribution in [3.63, 3.8) is 0 Å². The van der Waals surface area contributed by atoms with Gasteiger partial charge in [-0.15, -0.1) is 0 Å². The van der Waals surface area contributed by atoms with Crippen molar-refractivity contribution in [3.05, 3.63) is 41.5 Å². The van der Waals surface area contributed by atoms with Gasteiger partial charge in [0.15, 0.2) is 0 Å². The molecule has 0 aliphatic heterocycles. The maximum Gasteiger partial charge on any atom is 0.416 e. The minimum Gasteiger partial charge on any atom is -0.489 e. The molecule has 18 heavy (non-hydrogen) atoms. The highest BCUT2D eigenvalue weighted by atomic mass is 19.4. The Kier molecular flexibility index (Phi) is 4.66. The Morgan fingerprint density at radius 1 is 1.28 bits per heavy atom. The van der Waals surface area contributed by atoms with Crippen molar-refractivity contribution in [1.82, 2.24) is 0 Å². The molecule has 0 fully saturated rings. The average Bonchev–Trinajstić information content (AvgIpc) is 2.28. The van der Waals surface area contributed by atoms with Crippen LogP contribution in [-0.4, -0.2) is 13.2 Å². The van der Waals surface area contributed by atoms with E-state index in [0.717, 1.165) is 6.07 Å². The molecule has 0 saturated heterocycles. The van der Waals surface area contributed by atoms with Gasteiger partial charge >= 0.3 is 6.18 Å². The summed E-state index contributed by atoms with van der Waals surface area (Å²) >= 11 is 0. The van der Waals surface area contributed by atoms with Gasteiger partial charge in [-0.05, 0) is 12.1 Å². The van der Waals surface area contributed by atoms with Gasteiger partial charge in [-0.1, -0.05) is 0 Å². The zero-order valence-electron chi connectivity index (χ0n) is 9.10. The predicted octanol–water partition coefficient (Wildman–Crippen LogP) is 3.04. The van der Waals surface area contributed by atoms with Crippen molar-refractivity contribution >= 4 is 0 Å². The topological polar surface area (TPSA) is 35.2 Å². The maximum atomic E-state index is 13.0. The average molecular weight is 267 g/mol. The standard InChI is InChI=1S/C11H10F5NO/c12-4-7(5-17)6-18-10-2-8(11(14,15)16)1-9(13)3-10/h1-4H,5-6,17H2. The first kappa shape index (κ1) is 14.4. The molecule has 100 valence electrons. The molecule has 0 saturated carbocycles. The van der Waals surface area contributed by atoms with Crippen LogP contribution in [0, 0.1) is 5.82 Å². The molecular weight excluding hydrogens is 257 g/mol. The fourth-order valence-corrected chi connectivity index (χ4v) is 1.12. The Morgan fingerprint density at radius 2 is 1.94 bits per heavy atom. The summed E-state index contributed by atoms with van der Waals surface area (Å²) in [5.74, 6) is -1.42. The molecule has 0 spiro atoms. The lowest BCUT2D eigenvalue weighted by Crippen LogP contribution is -2.11. The number of benzene rings is 1. The molecule has 0 radical (unpaired) electrons. The lowest BCUT2D eigenvalue weighted by Gasteiger charge is -2.11. The molecular formula is C11H10F5NO. The van der Waals surface area contributed by atoms with Crippen molar-refractivity contribution in [2.75, 3.05) is 13.2 Å². The minimum absolute atomic E-state index is 0.0489. The highest BCUT2D eigenvalue weighted by Gasteiger charge is 2.31. The quantitative estimate of drug-likeness (QED) is 0.851. The van der Waals surface area contributed by atoms with Crippen LogP contribution in [0.25, 0.3) is 0 Å². The Morgan fingerprint density at radius 3 is 2.44 bits per heavy atom. The van der Waals surface area contributed by atoms with Crippen molar-refractivity contribution in [1.29, 1.82) is 0 Å². The number of halogens is 5. The molecule has 0 amide bonds. The van der Waals surface area contributed by atoms with Crippen LogP contribution in [0.1, 0.15) is 5.56 Å². The number of hydrogen-bond acceptors (Lipinski definition) is 2. The summed E-state index contributed by atoms with van der Waals surface area (Å²) in [6.07, 6.45) is -4.48. The molecule has 1 aromatic rings. The van der Waals surface area contributed by atoms with E-state index in [1.165, 1.54) is 0 Å². The summed E-state index contributed by atoms with van der Waals surface area (Å²) < 4.78 is 67.0. The Hall–Kier alpha value is -1.63. The molecule has 0 aromatic heterocycles. The second kappa shape index (κ2) is 5.81. The van der Waals surface area contributed by atoms with Crippen LogP contribution in [-0.2, 0) is 6.18 Å². The summed E-state index contributed by atoms with van der Waals surface area (Å²) in [4.78, 5) is 0. The van der Waals surface area contributed by atoms with Gasteiger partial charge in [-0.3, -0.25) is 0 Å². The highest BCUT2D eigenvalue weighted by Crippen LogP contribution is 2.32. The Labute approximate surface area is 99.8 Å². The van der Waals surface area contributed by atoms with Crippen molar-refractivity contribution in [2.24, 2.45) is 5.73 Å². The fourth-order valence-electron chi connectivity index (χ4n) is 1.12. The van der Waals surface area contributed by atoms with Crippen molar-refractivity contribution in [2.45, 2.75) is 6.18 Å². The van der Waals surface area contributed by atoms with Crippen LogP contribution in [0.4, 0.5) is 22.0 Å². The smallest absolute Gasteiger partial charge is 0.416 e. The minimum atomic E-state index is -4.67. The van der Waals surface area contributed by atoms with Crippen LogP contribution in [0.15, 0.2) is 30.1 Å². The van der Waals surface area contributed by atoms with E-state index in [9.17, 15) is 22.0 Å². The van der Waals surface area contributed by atoms with E-state index in [1.54, 1.807) is 0 Å². The summed E-state index contributed by atoms with van der Waals surface area (Å²) in [5, 5.41) is 0. The third-order valence-corrected chi connectivity index (χ3v) is 2.04. The zero-order valence-corrected chi connectivity index (χ0v) is 9.10. The van der Waals surface area contributed by atoms with E-state index in [2.05, 4.69) is 0 Å². The number of hydrogen-bond donors (Lipinski definition) is 1. The van der Waals surface area contributed by atoms with Crippen LogP contribution in [0.5, 0.6) is 5.75 Å². The van der Waals surface area contributed by atoms with Gasteiger partial charge < -0.3 is 10.5 Å². The van der Waals surface area contributed by atoms with Crippen LogP contribution >= 0.6 is 0 Å². The first-order valence-electron chi connectivity index (χ1n) is 4.85. The van der Waals surface area contributed by atoms with E-state index in [1.807, 2.05) is 0 Å². The molecule has 0 aliphatic carbocycles.